The van der Waals surface area contributed by atoms with E-state index in [2.05, 4.69) is 33.0 Å². The average Bonchev–Trinajstić information content (AvgIpc) is 3.49. The SMILES string of the molecule is O=C(/C=C/c1ccc2c(c1)nc(CCc1cccs1)n2CCN1CCCC1)NO. The maximum Gasteiger partial charge on any atom is 0.267 e. The Kier molecular flexibility index (Phi) is 6.39. The van der Waals surface area contributed by atoms with Crippen LogP contribution in [-0.4, -0.2) is 45.2 Å². The Bertz CT molecular complexity index is 988. The molecule has 0 unspecified atom stereocenters. The lowest BCUT2D eigenvalue weighted by atomic mass is 10.2. The number of thiophene rings is 1. The van der Waals surface area contributed by atoms with Crippen LogP contribution < -0.4 is 5.48 Å². The minimum Gasteiger partial charge on any atom is -0.327 e. The lowest BCUT2D eigenvalue weighted by molar-refractivity contribution is -0.124. The molecular formula is C22H26N4O2S. The predicted molar refractivity (Wildman–Crippen MR) is 116 cm³/mol. The fourth-order valence-corrected chi connectivity index (χ4v) is 4.60. The summed E-state index contributed by atoms with van der Waals surface area (Å²) in [5.41, 5.74) is 4.57. The van der Waals surface area contributed by atoms with E-state index >= 15 is 0 Å². The van der Waals surface area contributed by atoms with Crippen LogP contribution in [0.3, 0.4) is 0 Å². The first kappa shape index (κ1) is 19.8. The smallest absolute Gasteiger partial charge is 0.267 e. The third-order valence-corrected chi connectivity index (χ3v) is 6.34. The molecule has 2 N–H and O–H groups in total. The number of hydrogen-bond acceptors (Lipinski definition) is 5. The van der Waals surface area contributed by atoms with Gasteiger partial charge in [-0.3, -0.25) is 10.0 Å². The van der Waals surface area contributed by atoms with Crippen LogP contribution in [0.1, 0.15) is 29.1 Å². The van der Waals surface area contributed by atoms with Gasteiger partial charge in [0.1, 0.15) is 5.82 Å². The Morgan fingerprint density at radius 3 is 2.83 bits per heavy atom. The van der Waals surface area contributed by atoms with Crippen LogP contribution in [0, 0.1) is 0 Å². The summed E-state index contributed by atoms with van der Waals surface area (Å²) in [5, 5.41) is 10.8. The van der Waals surface area contributed by atoms with Gasteiger partial charge in [0.2, 0.25) is 0 Å². The van der Waals surface area contributed by atoms with Crippen LogP contribution in [0.15, 0.2) is 41.8 Å². The van der Waals surface area contributed by atoms with Gasteiger partial charge in [0.25, 0.3) is 5.91 Å². The van der Waals surface area contributed by atoms with Crippen LogP contribution in [-0.2, 0) is 24.2 Å². The molecule has 4 rings (SSSR count). The number of aromatic nitrogens is 2. The number of amides is 1. The van der Waals surface area contributed by atoms with E-state index < -0.39 is 5.91 Å². The van der Waals surface area contributed by atoms with Gasteiger partial charge in [-0.1, -0.05) is 12.1 Å². The van der Waals surface area contributed by atoms with E-state index in [1.807, 2.05) is 12.1 Å². The van der Waals surface area contributed by atoms with E-state index in [0.29, 0.717) is 0 Å². The molecule has 6 nitrogen and oxygen atoms in total. The van der Waals surface area contributed by atoms with Crippen molar-refractivity contribution in [3.63, 3.8) is 0 Å². The zero-order chi connectivity index (χ0) is 20.1. The number of nitrogens with zero attached hydrogens (tertiary/aromatic N) is 3. The molecule has 152 valence electrons. The number of carbonyl (C=O) groups excluding carboxylic acids is 1. The molecule has 0 saturated carbocycles. The van der Waals surface area contributed by atoms with Crippen molar-refractivity contribution >= 4 is 34.4 Å². The lowest BCUT2D eigenvalue weighted by Crippen LogP contribution is -2.24. The van der Waals surface area contributed by atoms with Gasteiger partial charge in [-0.15, -0.1) is 11.3 Å². The molecule has 7 heteroatoms. The molecule has 1 aliphatic heterocycles. The Labute approximate surface area is 174 Å². The van der Waals surface area contributed by atoms with E-state index in [0.717, 1.165) is 48.4 Å². The van der Waals surface area contributed by atoms with Gasteiger partial charge in [-0.2, -0.15) is 0 Å². The highest BCUT2D eigenvalue weighted by Gasteiger charge is 2.15. The normalized spacial score (nSPS) is 14.9. The van der Waals surface area contributed by atoms with Crippen molar-refractivity contribution in [1.29, 1.82) is 0 Å². The fourth-order valence-electron chi connectivity index (χ4n) is 3.89. The van der Waals surface area contributed by atoms with E-state index in [-0.39, 0.29) is 0 Å². The fraction of sp³-hybridized carbons (Fsp3) is 0.364. The Balaban J connectivity index is 1.59. The summed E-state index contributed by atoms with van der Waals surface area (Å²) in [5.74, 6) is 0.569. The average molecular weight is 411 g/mol. The number of imidazole rings is 1. The summed E-state index contributed by atoms with van der Waals surface area (Å²) in [6, 6.07) is 10.3. The summed E-state index contributed by atoms with van der Waals surface area (Å²) in [6.45, 7) is 4.38. The monoisotopic (exact) mass is 410 g/mol. The number of rotatable bonds is 8. The number of hydrogen-bond donors (Lipinski definition) is 2. The predicted octanol–water partition coefficient (Wildman–Crippen LogP) is 3.50. The minimum absolute atomic E-state index is 0.544. The number of carbonyl (C=O) groups is 1. The Morgan fingerprint density at radius 2 is 2.07 bits per heavy atom. The molecule has 1 aliphatic rings. The molecule has 1 amide bonds. The molecular weight excluding hydrogens is 384 g/mol. The van der Waals surface area contributed by atoms with Crippen molar-refractivity contribution in [3.8, 4) is 0 Å². The Morgan fingerprint density at radius 1 is 1.21 bits per heavy atom. The van der Waals surface area contributed by atoms with Gasteiger partial charge in [-0.25, -0.2) is 10.5 Å². The van der Waals surface area contributed by atoms with Gasteiger partial charge in [0.05, 0.1) is 11.0 Å². The second-order valence-corrected chi connectivity index (χ2v) is 8.40. The van der Waals surface area contributed by atoms with Crippen LogP contribution >= 0.6 is 11.3 Å². The van der Waals surface area contributed by atoms with Crippen molar-refractivity contribution in [3.05, 3.63) is 58.1 Å². The van der Waals surface area contributed by atoms with E-state index in [9.17, 15) is 4.79 Å². The van der Waals surface area contributed by atoms with Crippen molar-refractivity contribution in [2.45, 2.75) is 32.2 Å². The molecule has 0 aliphatic carbocycles. The molecule has 3 aromatic rings. The van der Waals surface area contributed by atoms with Gasteiger partial charge in [0.15, 0.2) is 0 Å². The lowest BCUT2D eigenvalue weighted by Gasteiger charge is -2.16. The first-order valence-corrected chi connectivity index (χ1v) is 11.0. The maximum atomic E-state index is 11.2. The van der Waals surface area contributed by atoms with Crippen molar-refractivity contribution < 1.29 is 10.0 Å². The van der Waals surface area contributed by atoms with Crippen LogP contribution in [0.25, 0.3) is 17.1 Å². The molecule has 2 aromatic heterocycles. The second-order valence-electron chi connectivity index (χ2n) is 7.37. The number of fused-ring (bicyclic) bond motifs is 1. The first-order chi connectivity index (χ1) is 14.2. The van der Waals surface area contributed by atoms with Gasteiger partial charge < -0.3 is 9.47 Å². The molecule has 1 aromatic carbocycles. The molecule has 0 radical (unpaired) electrons. The van der Waals surface area contributed by atoms with Crippen molar-refractivity contribution in [2.24, 2.45) is 0 Å². The molecule has 0 spiro atoms. The van der Waals surface area contributed by atoms with Crippen molar-refractivity contribution in [1.82, 2.24) is 19.9 Å². The summed E-state index contributed by atoms with van der Waals surface area (Å²) >= 11 is 1.79. The number of benzene rings is 1. The van der Waals surface area contributed by atoms with E-state index in [1.165, 1.54) is 36.9 Å². The molecule has 29 heavy (non-hydrogen) atoms. The van der Waals surface area contributed by atoms with Crippen molar-refractivity contribution in [2.75, 3.05) is 19.6 Å². The highest BCUT2D eigenvalue weighted by molar-refractivity contribution is 7.09. The number of aryl methyl sites for hydroxylation is 2. The largest absolute Gasteiger partial charge is 0.327 e. The summed E-state index contributed by atoms with van der Waals surface area (Å²) < 4.78 is 2.36. The minimum atomic E-state index is -0.544. The van der Waals surface area contributed by atoms with Gasteiger partial charge in [0, 0.05) is 30.5 Å². The highest BCUT2D eigenvalue weighted by Crippen LogP contribution is 2.21. The number of hydroxylamine groups is 1. The zero-order valence-electron chi connectivity index (χ0n) is 16.4. The molecule has 0 atom stereocenters. The third kappa shape index (κ3) is 4.93. The van der Waals surface area contributed by atoms with Crippen LogP contribution in [0.4, 0.5) is 0 Å². The molecule has 0 bridgehead atoms. The topological polar surface area (TPSA) is 70.4 Å². The first-order valence-electron chi connectivity index (χ1n) is 10.1. The van der Waals surface area contributed by atoms with E-state index in [4.69, 9.17) is 10.2 Å². The standard InChI is InChI=1S/C22H26N4O2S/c27-22(24-28)10-6-17-5-8-20-19(16-17)23-21(9-7-18-4-3-15-29-18)26(20)14-13-25-11-1-2-12-25/h3-6,8,10,15-16,28H,1-2,7,9,11-14H2,(H,24,27)/b10-6+. The quantitative estimate of drug-likeness (QED) is 0.339. The molecule has 1 fully saturated rings. The van der Waals surface area contributed by atoms with Crippen LogP contribution in [0.5, 0.6) is 0 Å². The summed E-state index contributed by atoms with van der Waals surface area (Å²) in [7, 11) is 0. The summed E-state index contributed by atoms with van der Waals surface area (Å²) in [6.07, 6.45) is 7.49. The molecule has 3 heterocycles. The Hall–Kier alpha value is -2.48. The second kappa shape index (κ2) is 9.35. The number of likely N-dealkylation sites (tertiary alicyclic amines) is 1. The number of nitrogens with one attached hydrogen (secondary N) is 1. The van der Waals surface area contributed by atoms with Crippen LogP contribution in [0.2, 0.25) is 0 Å². The van der Waals surface area contributed by atoms with Gasteiger partial charge >= 0.3 is 0 Å². The van der Waals surface area contributed by atoms with E-state index in [1.54, 1.807) is 22.9 Å². The highest BCUT2D eigenvalue weighted by atomic mass is 32.1. The maximum absolute atomic E-state index is 11.2. The van der Waals surface area contributed by atoms with Gasteiger partial charge in [-0.05, 0) is 67.6 Å². The molecule has 1 saturated heterocycles. The third-order valence-electron chi connectivity index (χ3n) is 5.40. The summed E-state index contributed by atoms with van der Waals surface area (Å²) in [4.78, 5) is 20.1. The zero-order valence-corrected chi connectivity index (χ0v) is 17.2.